The van der Waals surface area contributed by atoms with Crippen molar-refractivity contribution in [2.24, 2.45) is 0 Å². The monoisotopic (exact) mass is 220 g/mol. The molecule has 0 saturated heterocycles. The van der Waals surface area contributed by atoms with Gasteiger partial charge in [-0.2, -0.15) is 0 Å². The van der Waals surface area contributed by atoms with Crippen LogP contribution in [0.5, 0.6) is 0 Å². The summed E-state index contributed by atoms with van der Waals surface area (Å²) in [5, 5.41) is 0. The van der Waals surface area contributed by atoms with Gasteiger partial charge < -0.3 is 0 Å². The lowest BCUT2D eigenvalue weighted by Gasteiger charge is -2.01. The maximum absolute atomic E-state index is 11.7. The molecule has 0 spiro atoms. The first-order chi connectivity index (χ1) is 7.27. The van der Waals surface area contributed by atoms with Crippen molar-refractivity contribution in [3.05, 3.63) is 42.5 Å². The van der Waals surface area contributed by atoms with Crippen molar-refractivity contribution in [3.63, 3.8) is 0 Å². The fraction of sp³-hybridized carbons (Fsp3) is 0.308. The first kappa shape index (κ1) is 12.1. The molecule has 0 bridgehead atoms. The van der Waals surface area contributed by atoms with Gasteiger partial charge in [-0.15, -0.1) is 18.3 Å². The summed E-state index contributed by atoms with van der Waals surface area (Å²) >= 11 is 1.69. The first-order valence-electron chi connectivity index (χ1n) is 5.06. The third kappa shape index (κ3) is 3.92. The minimum atomic E-state index is 0.226. The topological polar surface area (TPSA) is 17.1 Å². The molecular formula is C13H16OS. The van der Waals surface area contributed by atoms with Crippen LogP contribution in [-0.4, -0.2) is 12.0 Å². The van der Waals surface area contributed by atoms with Gasteiger partial charge in [0.15, 0.2) is 5.78 Å². The van der Waals surface area contributed by atoms with Crippen LogP contribution in [0.1, 0.15) is 29.6 Å². The summed E-state index contributed by atoms with van der Waals surface area (Å²) < 4.78 is 0. The van der Waals surface area contributed by atoms with E-state index < -0.39 is 0 Å². The van der Waals surface area contributed by atoms with Crippen LogP contribution in [0.4, 0.5) is 0 Å². The number of Topliss-reactive ketones (excluding diaryl/α,β-unsaturated/α-hetero) is 1. The summed E-state index contributed by atoms with van der Waals surface area (Å²) in [6, 6.07) is 7.79. The van der Waals surface area contributed by atoms with Crippen LogP contribution in [0.15, 0.2) is 41.8 Å². The highest BCUT2D eigenvalue weighted by Crippen LogP contribution is 2.16. The lowest BCUT2D eigenvalue weighted by Crippen LogP contribution is -1.98. The minimum Gasteiger partial charge on any atom is -0.294 e. The number of carbonyl (C=O) groups is 1. The van der Waals surface area contributed by atoms with Gasteiger partial charge in [0.2, 0.25) is 0 Å². The normalized spacial score (nSPS) is 9.93. The molecule has 15 heavy (non-hydrogen) atoms. The Morgan fingerprint density at radius 2 is 2.07 bits per heavy atom. The highest BCUT2D eigenvalue weighted by Gasteiger charge is 2.04. The fourth-order valence-electron chi connectivity index (χ4n) is 1.33. The van der Waals surface area contributed by atoms with Crippen molar-refractivity contribution >= 4 is 17.5 Å². The summed E-state index contributed by atoms with van der Waals surface area (Å²) in [5.41, 5.74) is 0.817. The van der Waals surface area contributed by atoms with Crippen molar-refractivity contribution in [1.82, 2.24) is 0 Å². The quantitative estimate of drug-likeness (QED) is 0.312. The third-order valence-electron chi connectivity index (χ3n) is 2.22. The van der Waals surface area contributed by atoms with Gasteiger partial charge in [0, 0.05) is 16.9 Å². The van der Waals surface area contributed by atoms with Crippen LogP contribution < -0.4 is 0 Å². The van der Waals surface area contributed by atoms with E-state index >= 15 is 0 Å². The highest BCUT2D eigenvalue weighted by atomic mass is 32.2. The number of carbonyl (C=O) groups excluding carboxylic acids is 1. The van der Waals surface area contributed by atoms with E-state index in [4.69, 9.17) is 0 Å². The number of ketones is 1. The van der Waals surface area contributed by atoms with E-state index in [1.54, 1.807) is 11.8 Å². The van der Waals surface area contributed by atoms with Crippen LogP contribution in [0.25, 0.3) is 0 Å². The van der Waals surface area contributed by atoms with Gasteiger partial charge in [0.1, 0.15) is 0 Å². The van der Waals surface area contributed by atoms with Crippen molar-refractivity contribution in [2.45, 2.75) is 24.2 Å². The predicted molar refractivity (Wildman–Crippen MR) is 66.6 cm³/mol. The molecule has 1 aromatic rings. The number of hydrogen-bond acceptors (Lipinski definition) is 2. The molecule has 0 aliphatic carbocycles. The second-order valence-corrected chi connectivity index (χ2v) is 4.21. The van der Waals surface area contributed by atoms with E-state index in [0.29, 0.717) is 6.42 Å². The van der Waals surface area contributed by atoms with Crippen LogP contribution in [0, 0.1) is 0 Å². The van der Waals surface area contributed by atoms with E-state index in [-0.39, 0.29) is 5.78 Å². The predicted octanol–water partition coefficient (Wildman–Crippen LogP) is 3.95. The number of unbranched alkanes of at least 4 members (excludes halogenated alkanes) is 1. The largest absolute Gasteiger partial charge is 0.294 e. The van der Waals surface area contributed by atoms with Crippen molar-refractivity contribution in [1.29, 1.82) is 0 Å². The number of thioether (sulfide) groups is 1. The molecule has 0 aromatic heterocycles. The Kier molecular flexibility index (Phi) is 5.19. The van der Waals surface area contributed by atoms with Crippen LogP contribution >= 0.6 is 11.8 Å². The lowest BCUT2D eigenvalue weighted by molar-refractivity contribution is 0.0980. The van der Waals surface area contributed by atoms with Gasteiger partial charge in [-0.1, -0.05) is 18.2 Å². The van der Waals surface area contributed by atoms with Gasteiger partial charge in [-0.3, -0.25) is 4.79 Å². The molecule has 0 amide bonds. The molecule has 0 aliphatic rings. The smallest absolute Gasteiger partial charge is 0.162 e. The molecule has 80 valence electrons. The van der Waals surface area contributed by atoms with Gasteiger partial charge >= 0.3 is 0 Å². The first-order valence-corrected chi connectivity index (χ1v) is 6.28. The Labute approximate surface area is 95.6 Å². The van der Waals surface area contributed by atoms with E-state index in [9.17, 15) is 4.79 Å². The molecule has 0 N–H and O–H groups in total. The summed E-state index contributed by atoms with van der Waals surface area (Å²) in [7, 11) is 0. The second-order valence-electron chi connectivity index (χ2n) is 3.33. The Morgan fingerprint density at radius 3 is 2.60 bits per heavy atom. The van der Waals surface area contributed by atoms with Gasteiger partial charge in [0.05, 0.1) is 0 Å². The maximum atomic E-state index is 11.7. The summed E-state index contributed by atoms with van der Waals surface area (Å²) in [5.74, 6) is 0.226. The zero-order valence-corrected chi connectivity index (χ0v) is 9.85. The summed E-state index contributed by atoms with van der Waals surface area (Å²) in [6.45, 7) is 3.64. The Hall–Kier alpha value is -1.02. The second kappa shape index (κ2) is 6.46. The molecule has 0 heterocycles. The third-order valence-corrected chi connectivity index (χ3v) is 2.97. The van der Waals surface area contributed by atoms with E-state index in [1.165, 1.54) is 4.90 Å². The van der Waals surface area contributed by atoms with Gasteiger partial charge in [0.25, 0.3) is 0 Å². The van der Waals surface area contributed by atoms with Crippen LogP contribution in [-0.2, 0) is 0 Å². The summed E-state index contributed by atoms with van der Waals surface area (Å²) in [6.07, 6.45) is 6.30. The molecule has 0 radical (unpaired) electrons. The number of benzene rings is 1. The standard InChI is InChI=1S/C13H16OS/c1-3-4-5-6-13(14)11-7-9-12(15-2)10-8-11/h3,7-10H,1,4-6H2,2H3. The average molecular weight is 220 g/mol. The fourth-order valence-corrected chi connectivity index (χ4v) is 1.74. The molecular weight excluding hydrogens is 204 g/mol. The molecule has 1 rings (SSSR count). The average Bonchev–Trinajstić information content (AvgIpc) is 2.29. The molecule has 0 unspecified atom stereocenters. The van der Waals surface area contributed by atoms with Crippen molar-refractivity contribution in [3.8, 4) is 0 Å². The van der Waals surface area contributed by atoms with Crippen LogP contribution in [0.2, 0.25) is 0 Å². The van der Waals surface area contributed by atoms with E-state index in [1.807, 2.05) is 36.6 Å². The van der Waals surface area contributed by atoms with E-state index in [0.717, 1.165) is 18.4 Å². The molecule has 0 atom stereocenters. The van der Waals surface area contributed by atoms with Gasteiger partial charge in [-0.25, -0.2) is 0 Å². The number of hydrogen-bond donors (Lipinski definition) is 0. The Bertz CT molecular complexity index is 327. The van der Waals surface area contributed by atoms with Crippen LogP contribution in [0.3, 0.4) is 0 Å². The highest BCUT2D eigenvalue weighted by molar-refractivity contribution is 7.98. The lowest BCUT2D eigenvalue weighted by atomic mass is 10.1. The zero-order chi connectivity index (χ0) is 11.1. The van der Waals surface area contributed by atoms with Gasteiger partial charge in [-0.05, 0) is 31.2 Å². The minimum absolute atomic E-state index is 0.226. The Morgan fingerprint density at radius 1 is 1.40 bits per heavy atom. The van der Waals surface area contributed by atoms with E-state index in [2.05, 4.69) is 6.58 Å². The molecule has 0 saturated carbocycles. The maximum Gasteiger partial charge on any atom is 0.162 e. The number of rotatable bonds is 6. The van der Waals surface area contributed by atoms with Crippen molar-refractivity contribution in [2.75, 3.05) is 6.26 Å². The molecule has 2 heteroatoms. The SMILES string of the molecule is C=CCCCC(=O)c1ccc(SC)cc1. The number of allylic oxidation sites excluding steroid dienone is 1. The molecule has 0 aliphatic heterocycles. The van der Waals surface area contributed by atoms with Crippen molar-refractivity contribution < 1.29 is 4.79 Å². The summed E-state index contributed by atoms with van der Waals surface area (Å²) in [4.78, 5) is 12.9. The molecule has 1 nitrogen and oxygen atoms in total. The molecule has 1 aromatic carbocycles. The molecule has 0 fully saturated rings. The zero-order valence-electron chi connectivity index (χ0n) is 9.03. The Balaban J connectivity index is 2.54.